The first-order valence-corrected chi connectivity index (χ1v) is 4.62. The summed E-state index contributed by atoms with van der Waals surface area (Å²) >= 11 is 5.27. The average molecular weight is 230 g/mol. The monoisotopic (exact) mass is 230 g/mol. The van der Waals surface area contributed by atoms with Crippen molar-refractivity contribution in [2.24, 2.45) is 0 Å². The highest BCUT2D eigenvalue weighted by Gasteiger charge is 2.13. The Morgan fingerprint density at radius 3 is 2.73 bits per heavy atom. The fourth-order valence-corrected chi connectivity index (χ4v) is 1.07. The van der Waals surface area contributed by atoms with Crippen LogP contribution in [0.2, 0.25) is 0 Å². The molecule has 0 unspecified atom stereocenters. The lowest BCUT2D eigenvalue weighted by Crippen LogP contribution is -2.30. The first-order chi connectivity index (χ1) is 7.13. The second-order valence-electron chi connectivity index (χ2n) is 2.77. The van der Waals surface area contributed by atoms with Crippen LogP contribution in [0.4, 0.5) is 4.39 Å². The van der Waals surface area contributed by atoms with Gasteiger partial charge >= 0.3 is 7.12 Å². The van der Waals surface area contributed by atoms with Crippen molar-refractivity contribution in [1.29, 1.82) is 0 Å². The molecule has 1 rings (SSSR count). The Hall–Kier alpha value is -1.04. The van der Waals surface area contributed by atoms with Gasteiger partial charge in [-0.25, -0.2) is 4.39 Å². The van der Waals surface area contributed by atoms with Crippen LogP contribution in [0.5, 0.6) is 5.75 Å². The number of rotatable bonds is 4. The third-order valence-electron chi connectivity index (χ3n) is 1.63. The molecule has 15 heavy (non-hydrogen) atoms. The highest BCUT2D eigenvalue weighted by molar-refractivity contribution is 6.58. The Kier molecular flexibility index (Phi) is 4.61. The highest BCUT2D eigenvalue weighted by atomic mass is 35.5. The summed E-state index contributed by atoms with van der Waals surface area (Å²) in [6, 6.07) is 3.51. The van der Waals surface area contributed by atoms with E-state index >= 15 is 0 Å². The van der Waals surface area contributed by atoms with Gasteiger partial charge in [-0.3, -0.25) is 0 Å². The Morgan fingerprint density at radius 2 is 2.13 bits per heavy atom. The quantitative estimate of drug-likeness (QED) is 0.746. The van der Waals surface area contributed by atoms with Gasteiger partial charge in [0.1, 0.15) is 18.2 Å². The fourth-order valence-electron chi connectivity index (χ4n) is 0.997. The van der Waals surface area contributed by atoms with Gasteiger partial charge < -0.3 is 14.8 Å². The van der Waals surface area contributed by atoms with Gasteiger partial charge in [-0.2, -0.15) is 0 Å². The van der Waals surface area contributed by atoms with E-state index in [0.29, 0.717) is 0 Å². The van der Waals surface area contributed by atoms with Gasteiger partial charge in [0.2, 0.25) is 0 Å². The number of halogens is 2. The van der Waals surface area contributed by atoms with E-state index in [-0.39, 0.29) is 17.8 Å². The summed E-state index contributed by atoms with van der Waals surface area (Å²) in [5.74, 6) is -0.377. The van der Waals surface area contributed by atoms with Gasteiger partial charge in [0.15, 0.2) is 0 Å². The van der Waals surface area contributed by atoms with Crippen molar-refractivity contribution in [1.82, 2.24) is 0 Å². The number of benzene rings is 1. The summed E-state index contributed by atoms with van der Waals surface area (Å²) in [6.45, 7) is 0.188. The summed E-state index contributed by atoms with van der Waals surface area (Å²) in [5.41, 5.74) is 1.32. The number of hydrogen-bond donors (Lipinski definition) is 2. The molecule has 0 aliphatic heterocycles. The average Bonchev–Trinajstić information content (AvgIpc) is 2.17. The zero-order valence-corrected chi connectivity index (χ0v) is 8.49. The van der Waals surface area contributed by atoms with Crippen LogP contribution in [0.1, 0.15) is 0 Å². The van der Waals surface area contributed by atoms with Gasteiger partial charge in [-0.1, -0.05) is 11.6 Å². The lowest BCUT2D eigenvalue weighted by Gasteiger charge is -2.06. The van der Waals surface area contributed by atoms with Gasteiger partial charge in [0.25, 0.3) is 0 Å². The minimum atomic E-state index is -1.72. The molecule has 2 N–H and O–H groups in total. The van der Waals surface area contributed by atoms with Crippen LogP contribution in [0.3, 0.4) is 0 Å². The molecular weight excluding hydrogens is 221 g/mol. The Morgan fingerprint density at radius 1 is 1.40 bits per heavy atom. The summed E-state index contributed by atoms with van der Waals surface area (Å²) < 4.78 is 18.0. The van der Waals surface area contributed by atoms with Crippen molar-refractivity contribution in [2.75, 3.05) is 6.61 Å². The topological polar surface area (TPSA) is 49.7 Å². The molecule has 0 saturated carbocycles. The highest BCUT2D eigenvalue weighted by Crippen LogP contribution is 2.11. The van der Waals surface area contributed by atoms with E-state index in [1.54, 1.807) is 0 Å². The molecule has 6 heteroatoms. The van der Waals surface area contributed by atoms with Gasteiger partial charge in [0, 0.05) is 11.6 Å². The normalized spacial score (nSPS) is 10.7. The van der Waals surface area contributed by atoms with Gasteiger partial charge in [-0.15, -0.1) is 0 Å². The van der Waals surface area contributed by atoms with E-state index in [1.807, 2.05) is 0 Å². The molecule has 0 bridgehead atoms. The van der Waals surface area contributed by atoms with Crippen LogP contribution in [0, 0.1) is 5.82 Å². The summed E-state index contributed by atoms with van der Waals surface area (Å²) in [4.78, 5) is 0. The first-order valence-electron chi connectivity index (χ1n) is 4.18. The van der Waals surface area contributed by atoms with Crippen LogP contribution in [0.25, 0.3) is 0 Å². The number of ether oxygens (including phenoxy) is 1. The molecule has 0 heterocycles. The van der Waals surface area contributed by atoms with Gasteiger partial charge in [0.05, 0.1) is 0 Å². The van der Waals surface area contributed by atoms with E-state index in [9.17, 15) is 4.39 Å². The zero-order chi connectivity index (χ0) is 11.3. The minimum Gasteiger partial charge on any atom is -0.489 e. The molecule has 0 amide bonds. The molecule has 80 valence electrons. The molecule has 1 aromatic rings. The molecule has 0 atom stereocenters. The smallest absolute Gasteiger partial charge is 0.488 e. The number of hydrogen-bond acceptors (Lipinski definition) is 3. The lowest BCUT2D eigenvalue weighted by atomic mass is 9.80. The summed E-state index contributed by atoms with van der Waals surface area (Å²) in [5, 5.41) is 17.7. The molecule has 0 aliphatic rings. The molecule has 0 aliphatic carbocycles. The Labute approximate surface area is 91.9 Å². The third kappa shape index (κ3) is 3.91. The first kappa shape index (κ1) is 12.0. The zero-order valence-electron chi connectivity index (χ0n) is 7.73. The van der Waals surface area contributed by atoms with Crippen molar-refractivity contribution in [2.45, 2.75) is 0 Å². The van der Waals surface area contributed by atoms with Crippen LogP contribution in [-0.4, -0.2) is 23.8 Å². The van der Waals surface area contributed by atoms with Crippen LogP contribution in [0.15, 0.2) is 29.8 Å². The molecule has 0 spiro atoms. The maximum absolute atomic E-state index is 13.0. The molecule has 0 radical (unpaired) electrons. The van der Waals surface area contributed by atoms with Crippen molar-refractivity contribution < 1.29 is 19.2 Å². The van der Waals surface area contributed by atoms with E-state index < -0.39 is 12.9 Å². The third-order valence-corrected chi connectivity index (χ3v) is 1.81. The standard InChI is InChI=1S/C9H9BClFO3/c11-2-1-3-15-9-5-7(10(13)14)4-8(12)6-9/h1-2,4-6,13-14H,3H2/b2-1+. The van der Waals surface area contributed by atoms with Crippen LogP contribution < -0.4 is 10.2 Å². The van der Waals surface area contributed by atoms with Crippen molar-refractivity contribution in [3.63, 3.8) is 0 Å². The molecule has 1 aromatic carbocycles. The van der Waals surface area contributed by atoms with E-state index in [1.165, 1.54) is 17.7 Å². The second kappa shape index (κ2) is 5.75. The van der Waals surface area contributed by atoms with Crippen LogP contribution in [-0.2, 0) is 0 Å². The molecule has 0 fully saturated rings. The second-order valence-corrected chi connectivity index (χ2v) is 3.02. The van der Waals surface area contributed by atoms with E-state index in [2.05, 4.69) is 0 Å². The fraction of sp³-hybridized carbons (Fsp3) is 0.111. The van der Waals surface area contributed by atoms with Crippen molar-refractivity contribution in [3.8, 4) is 5.75 Å². The molecular formula is C9H9BClFO3. The predicted molar refractivity (Wildman–Crippen MR) is 56.7 cm³/mol. The lowest BCUT2D eigenvalue weighted by molar-refractivity contribution is 0.360. The predicted octanol–water partition coefficient (Wildman–Crippen LogP) is 0.637. The Bertz CT molecular complexity index is 357. The maximum Gasteiger partial charge on any atom is 0.488 e. The molecule has 0 aromatic heterocycles. The molecule has 0 saturated heterocycles. The Balaban J connectivity index is 2.79. The van der Waals surface area contributed by atoms with Gasteiger partial charge in [-0.05, 0) is 23.7 Å². The molecule has 3 nitrogen and oxygen atoms in total. The van der Waals surface area contributed by atoms with Crippen molar-refractivity contribution in [3.05, 3.63) is 35.6 Å². The summed E-state index contributed by atoms with van der Waals surface area (Å²) in [7, 11) is -1.72. The maximum atomic E-state index is 13.0. The minimum absolute atomic E-state index is 0.0415. The van der Waals surface area contributed by atoms with E-state index in [0.717, 1.165) is 12.1 Å². The SMILES string of the molecule is OB(O)c1cc(F)cc(OC/C=C/Cl)c1. The van der Waals surface area contributed by atoms with Crippen molar-refractivity contribution >= 4 is 24.2 Å². The van der Waals surface area contributed by atoms with Crippen LogP contribution >= 0.6 is 11.6 Å². The van der Waals surface area contributed by atoms with E-state index in [4.69, 9.17) is 26.4 Å². The largest absolute Gasteiger partial charge is 0.489 e. The summed E-state index contributed by atoms with van der Waals surface area (Å²) in [6.07, 6.45) is 1.53.